The minimum Gasteiger partial charge on any atom is -0.325 e. The van der Waals surface area contributed by atoms with Crippen molar-refractivity contribution in [1.29, 1.82) is 0 Å². The molecule has 0 saturated heterocycles. The lowest BCUT2D eigenvalue weighted by Gasteiger charge is -2.08. The van der Waals surface area contributed by atoms with E-state index in [1.165, 1.54) is 0 Å². The standard InChI is InChI=1S/C11H14BrN3/c1-7(2)15-11(6-13)9-4-3-8(12)5-10(9)14-15/h3-5,7H,6,13H2,1-2H3. The largest absolute Gasteiger partial charge is 0.325 e. The van der Waals surface area contributed by atoms with Crippen LogP contribution < -0.4 is 5.73 Å². The molecule has 4 heteroatoms. The molecule has 15 heavy (non-hydrogen) atoms. The topological polar surface area (TPSA) is 43.8 Å². The first-order chi connectivity index (χ1) is 7.13. The molecular weight excluding hydrogens is 254 g/mol. The van der Waals surface area contributed by atoms with Crippen molar-refractivity contribution in [2.75, 3.05) is 0 Å². The molecule has 0 aliphatic carbocycles. The smallest absolute Gasteiger partial charge is 0.0938 e. The van der Waals surface area contributed by atoms with Gasteiger partial charge in [0.15, 0.2) is 0 Å². The maximum Gasteiger partial charge on any atom is 0.0938 e. The number of aromatic nitrogens is 2. The summed E-state index contributed by atoms with van der Waals surface area (Å²) < 4.78 is 3.05. The molecule has 0 unspecified atom stereocenters. The van der Waals surface area contributed by atoms with E-state index in [1.54, 1.807) is 0 Å². The van der Waals surface area contributed by atoms with Gasteiger partial charge in [0.25, 0.3) is 0 Å². The predicted molar refractivity (Wildman–Crippen MR) is 65.7 cm³/mol. The molecule has 0 bridgehead atoms. The minimum atomic E-state index is 0.342. The van der Waals surface area contributed by atoms with E-state index in [0.29, 0.717) is 12.6 Å². The fourth-order valence-electron chi connectivity index (χ4n) is 1.76. The molecule has 0 saturated carbocycles. The summed E-state index contributed by atoms with van der Waals surface area (Å²) in [5.41, 5.74) is 7.87. The lowest BCUT2D eigenvalue weighted by molar-refractivity contribution is 0.515. The maximum atomic E-state index is 5.76. The van der Waals surface area contributed by atoms with Crippen LogP contribution in [-0.4, -0.2) is 9.78 Å². The molecule has 0 amide bonds. The Labute approximate surface area is 97.4 Å². The summed E-state index contributed by atoms with van der Waals surface area (Å²) in [4.78, 5) is 0. The van der Waals surface area contributed by atoms with Crippen molar-refractivity contribution in [3.05, 3.63) is 28.4 Å². The van der Waals surface area contributed by atoms with Crippen LogP contribution in [0, 0.1) is 0 Å². The molecule has 0 spiro atoms. The highest BCUT2D eigenvalue weighted by Crippen LogP contribution is 2.24. The van der Waals surface area contributed by atoms with Crippen molar-refractivity contribution in [3.8, 4) is 0 Å². The van der Waals surface area contributed by atoms with Gasteiger partial charge >= 0.3 is 0 Å². The summed E-state index contributed by atoms with van der Waals surface area (Å²) in [5, 5.41) is 5.70. The highest BCUT2D eigenvalue weighted by Gasteiger charge is 2.11. The van der Waals surface area contributed by atoms with Gasteiger partial charge in [-0.25, -0.2) is 0 Å². The zero-order valence-electron chi connectivity index (χ0n) is 8.87. The van der Waals surface area contributed by atoms with Gasteiger partial charge in [-0.05, 0) is 32.0 Å². The highest BCUT2D eigenvalue weighted by molar-refractivity contribution is 9.10. The van der Waals surface area contributed by atoms with Crippen LogP contribution in [0.25, 0.3) is 10.9 Å². The first kappa shape index (κ1) is 10.6. The van der Waals surface area contributed by atoms with Crippen LogP contribution in [0.2, 0.25) is 0 Å². The maximum absolute atomic E-state index is 5.76. The number of fused-ring (bicyclic) bond motifs is 1. The van der Waals surface area contributed by atoms with Gasteiger partial charge in [-0.2, -0.15) is 5.10 Å². The summed E-state index contributed by atoms with van der Waals surface area (Å²) >= 11 is 3.44. The first-order valence-electron chi connectivity index (χ1n) is 5.00. The molecule has 0 atom stereocenters. The average molecular weight is 268 g/mol. The van der Waals surface area contributed by atoms with Crippen molar-refractivity contribution >= 4 is 26.8 Å². The number of rotatable bonds is 2. The van der Waals surface area contributed by atoms with Gasteiger partial charge in [0.2, 0.25) is 0 Å². The van der Waals surface area contributed by atoms with E-state index in [0.717, 1.165) is 21.1 Å². The number of hydrogen-bond acceptors (Lipinski definition) is 2. The molecule has 0 fully saturated rings. The Kier molecular flexibility index (Phi) is 2.80. The second kappa shape index (κ2) is 3.94. The molecule has 2 N–H and O–H groups in total. The van der Waals surface area contributed by atoms with Crippen LogP contribution >= 0.6 is 15.9 Å². The number of nitrogens with two attached hydrogens (primary N) is 1. The predicted octanol–water partition coefficient (Wildman–Crippen LogP) is 2.84. The lowest BCUT2D eigenvalue weighted by Crippen LogP contribution is -2.10. The second-order valence-corrected chi connectivity index (χ2v) is 4.77. The van der Waals surface area contributed by atoms with Crippen LogP contribution in [0.1, 0.15) is 25.6 Å². The molecule has 2 rings (SSSR count). The molecule has 0 aliphatic rings. The van der Waals surface area contributed by atoms with Gasteiger partial charge in [0.1, 0.15) is 0 Å². The summed E-state index contributed by atoms with van der Waals surface area (Å²) in [6.07, 6.45) is 0. The fourth-order valence-corrected chi connectivity index (χ4v) is 2.11. The van der Waals surface area contributed by atoms with Crippen LogP contribution in [0.15, 0.2) is 22.7 Å². The summed E-state index contributed by atoms with van der Waals surface area (Å²) in [6.45, 7) is 4.75. The fraction of sp³-hybridized carbons (Fsp3) is 0.364. The molecule has 3 nitrogen and oxygen atoms in total. The van der Waals surface area contributed by atoms with E-state index < -0.39 is 0 Å². The molecule has 2 aromatic rings. The third-order valence-electron chi connectivity index (χ3n) is 2.45. The van der Waals surface area contributed by atoms with Crippen molar-refractivity contribution in [2.45, 2.75) is 26.4 Å². The molecule has 0 aliphatic heterocycles. The molecule has 0 radical (unpaired) electrons. The third kappa shape index (κ3) is 1.79. The SMILES string of the molecule is CC(C)n1nc2cc(Br)ccc2c1CN. The zero-order valence-corrected chi connectivity index (χ0v) is 10.5. The second-order valence-electron chi connectivity index (χ2n) is 3.85. The van der Waals surface area contributed by atoms with E-state index in [9.17, 15) is 0 Å². The summed E-state index contributed by atoms with van der Waals surface area (Å²) in [5.74, 6) is 0. The molecule has 1 aromatic heterocycles. The van der Waals surface area contributed by atoms with E-state index in [4.69, 9.17) is 5.73 Å². The average Bonchev–Trinajstić information content (AvgIpc) is 2.55. The quantitative estimate of drug-likeness (QED) is 0.910. The third-order valence-corrected chi connectivity index (χ3v) is 2.94. The lowest BCUT2D eigenvalue weighted by atomic mass is 10.2. The van der Waals surface area contributed by atoms with Gasteiger partial charge in [-0.1, -0.05) is 15.9 Å². The van der Waals surface area contributed by atoms with Crippen molar-refractivity contribution in [2.24, 2.45) is 5.73 Å². The monoisotopic (exact) mass is 267 g/mol. The van der Waals surface area contributed by atoms with Crippen molar-refractivity contribution in [1.82, 2.24) is 9.78 Å². The number of nitrogens with zero attached hydrogens (tertiary/aromatic N) is 2. The molecular formula is C11H14BrN3. The number of hydrogen-bond donors (Lipinski definition) is 1. The number of benzene rings is 1. The van der Waals surface area contributed by atoms with Crippen LogP contribution in [-0.2, 0) is 6.54 Å². The van der Waals surface area contributed by atoms with Crippen LogP contribution in [0.3, 0.4) is 0 Å². The van der Waals surface area contributed by atoms with E-state index >= 15 is 0 Å². The Hall–Kier alpha value is -0.870. The van der Waals surface area contributed by atoms with Crippen LogP contribution in [0.5, 0.6) is 0 Å². The Morgan fingerprint density at radius 2 is 2.20 bits per heavy atom. The zero-order chi connectivity index (χ0) is 11.0. The normalized spacial score (nSPS) is 11.5. The van der Waals surface area contributed by atoms with E-state index in [1.807, 2.05) is 16.8 Å². The van der Waals surface area contributed by atoms with Gasteiger partial charge in [-0.15, -0.1) is 0 Å². The Morgan fingerprint density at radius 1 is 1.47 bits per heavy atom. The molecule has 1 heterocycles. The summed E-state index contributed by atoms with van der Waals surface area (Å²) in [7, 11) is 0. The minimum absolute atomic E-state index is 0.342. The van der Waals surface area contributed by atoms with Gasteiger partial charge in [0.05, 0.1) is 11.2 Å². The van der Waals surface area contributed by atoms with Gasteiger partial charge in [-0.3, -0.25) is 4.68 Å². The molecule has 1 aromatic carbocycles. The van der Waals surface area contributed by atoms with Crippen LogP contribution in [0.4, 0.5) is 0 Å². The van der Waals surface area contributed by atoms with E-state index in [2.05, 4.69) is 40.9 Å². The Bertz CT molecular complexity index is 488. The highest BCUT2D eigenvalue weighted by atomic mass is 79.9. The van der Waals surface area contributed by atoms with Gasteiger partial charge < -0.3 is 5.73 Å². The summed E-state index contributed by atoms with van der Waals surface area (Å²) in [6, 6.07) is 6.45. The van der Waals surface area contributed by atoms with Crippen molar-refractivity contribution in [3.63, 3.8) is 0 Å². The Balaban J connectivity index is 2.73. The first-order valence-corrected chi connectivity index (χ1v) is 5.79. The van der Waals surface area contributed by atoms with Gasteiger partial charge in [0, 0.05) is 22.4 Å². The number of halogens is 1. The molecule has 80 valence electrons. The Morgan fingerprint density at radius 3 is 2.80 bits per heavy atom. The van der Waals surface area contributed by atoms with Crippen molar-refractivity contribution < 1.29 is 0 Å². The van der Waals surface area contributed by atoms with E-state index in [-0.39, 0.29) is 0 Å².